The van der Waals surface area contributed by atoms with Gasteiger partial charge in [0.1, 0.15) is 0 Å². The molecule has 0 heterocycles. The molecule has 0 atom stereocenters. The summed E-state index contributed by atoms with van der Waals surface area (Å²) in [6.45, 7) is 0.605. The lowest BCUT2D eigenvalue weighted by atomic mass is 9.79. The van der Waals surface area contributed by atoms with Crippen molar-refractivity contribution in [3.05, 3.63) is 70.8 Å². The number of hydrogen-bond acceptors (Lipinski definition) is 1. The molecule has 2 aliphatic carbocycles. The molecule has 2 aliphatic rings. The van der Waals surface area contributed by atoms with Crippen molar-refractivity contribution in [1.82, 2.24) is 5.32 Å². The third-order valence-corrected chi connectivity index (χ3v) is 5.19. The van der Waals surface area contributed by atoms with Gasteiger partial charge in [0, 0.05) is 12.1 Å². The molecule has 0 saturated heterocycles. The standard InChI is InChI=1S/C20H21NO/c22-19(16-5-2-1-3-6-16)21-14-15-8-9-18-17(13-15)7-4-10-20(18)11-12-20/h1-3,5-6,8-9,13H,4,7,10-12,14H2,(H,21,22). The number of amides is 1. The first-order valence-electron chi connectivity index (χ1n) is 8.22. The van der Waals surface area contributed by atoms with Crippen LogP contribution >= 0.6 is 0 Å². The van der Waals surface area contributed by atoms with Crippen LogP contribution in [0.15, 0.2) is 48.5 Å². The van der Waals surface area contributed by atoms with E-state index in [1.807, 2.05) is 30.3 Å². The van der Waals surface area contributed by atoms with E-state index in [0.29, 0.717) is 12.0 Å². The van der Waals surface area contributed by atoms with Gasteiger partial charge in [-0.15, -0.1) is 0 Å². The molecule has 1 amide bonds. The molecule has 1 fully saturated rings. The van der Waals surface area contributed by atoms with E-state index in [1.165, 1.54) is 43.2 Å². The van der Waals surface area contributed by atoms with E-state index in [4.69, 9.17) is 0 Å². The first-order valence-corrected chi connectivity index (χ1v) is 8.22. The Bertz CT molecular complexity index is 701. The van der Waals surface area contributed by atoms with Crippen molar-refractivity contribution in [2.75, 3.05) is 0 Å². The molecule has 0 aliphatic heterocycles. The predicted molar refractivity (Wildman–Crippen MR) is 87.9 cm³/mol. The molecule has 2 aromatic carbocycles. The lowest BCUT2D eigenvalue weighted by molar-refractivity contribution is 0.0951. The molecule has 0 bridgehead atoms. The van der Waals surface area contributed by atoms with Gasteiger partial charge in [-0.05, 0) is 66.3 Å². The van der Waals surface area contributed by atoms with Gasteiger partial charge in [-0.3, -0.25) is 4.79 Å². The molecule has 0 radical (unpaired) electrons. The summed E-state index contributed by atoms with van der Waals surface area (Å²) in [5.41, 5.74) is 5.55. The van der Waals surface area contributed by atoms with Crippen molar-refractivity contribution in [2.24, 2.45) is 0 Å². The fraction of sp³-hybridized carbons (Fsp3) is 0.350. The van der Waals surface area contributed by atoms with Crippen molar-refractivity contribution in [3.8, 4) is 0 Å². The smallest absolute Gasteiger partial charge is 0.251 e. The molecule has 112 valence electrons. The lowest BCUT2D eigenvalue weighted by Gasteiger charge is -2.25. The molecular formula is C20H21NO. The van der Waals surface area contributed by atoms with Crippen molar-refractivity contribution >= 4 is 5.91 Å². The highest BCUT2D eigenvalue weighted by Crippen LogP contribution is 2.55. The summed E-state index contributed by atoms with van der Waals surface area (Å²) in [6, 6.07) is 16.2. The van der Waals surface area contributed by atoms with Gasteiger partial charge in [0.25, 0.3) is 5.91 Å². The van der Waals surface area contributed by atoms with Gasteiger partial charge >= 0.3 is 0 Å². The van der Waals surface area contributed by atoms with Crippen LogP contribution in [0.1, 0.15) is 52.7 Å². The Morgan fingerprint density at radius 2 is 1.86 bits per heavy atom. The van der Waals surface area contributed by atoms with Crippen molar-refractivity contribution in [2.45, 2.75) is 44.1 Å². The van der Waals surface area contributed by atoms with Gasteiger partial charge in [0.15, 0.2) is 0 Å². The van der Waals surface area contributed by atoms with Crippen LogP contribution in [0, 0.1) is 0 Å². The Hall–Kier alpha value is -2.09. The molecule has 2 heteroatoms. The molecular weight excluding hydrogens is 270 g/mol. The number of aryl methyl sites for hydroxylation is 1. The quantitative estimate of drug-likeness (QED) is 0.910. The summed E-state index contributed by atoms with van der Waals surface area (Å²) in [7, 11) is 0. The minimum absolute atomic E-state index is 0.00279. The van der Waals surface area contributed by atoms with Crippen molar-refractivity contribution in [3.63, 3.8) is 0 Å². The number of hydrogen-bond donors (Lipinski definition) is 1. The highest BCUT2D eigenvalue weighted by Gasteiger charge is 2.46. The van der Waals surface area contributed by atoms with E-state index in [9.17, 15) is 4.79 Å². The number of carbonyl (C=O) groups is 1. The minimum atomic E-state index is -0.00279. The molecule has 2 nitrogen and oxygen atoms in total. The average molecular weight is 291 g/mol. The maximum Gasteiger partial charge on any atom is 0.251 e. The molecule has 2 aromatic rings. The van der Waals surface area contributed by atoms with Gasteiger partial charge in [-0.1, -0.05) is 36.4 Å². The topological polar surface area (TPSA) is 29.1 Å². The van der Waals surface area contributed by atoms with Gasteiger partial charge < -0.3 is 5.32 Å². The number of fused-ring (bicyclic) bond motifs is 2. The van der Waals surface area contributed by atoms with Crippen LogP contribution in [0.4, 0.5) is 0 Å². The lowest BCUT2D eigenvalue weighted by Crippen LogP contribution is -2.23. The van der Waals surface area contributed by atoms with Gasteiger partial charge in [0.05, 0.1) is 0 Å². The van der Waals surface area contributed by atoms with Crippen LogP contribution < -0.4 is 5.32 Å². The second-order valence-corrected chi connectivity index (χ2v) is 6.67. The zero-order chi connectivity index (χ0) is 15.0. The zero-order valence-electron chi connectivity index (χ0n) is 12.8. The Kier molecular flexibility index (Phi) is 3.25. The second-order valence-electron chi connectivity index (χ2n) is 6.67. The number of rotatable bonds is 3. The molecule has 1 spiro atoms. The Labute approximate surface area is 131 Å². The normalized spacial score (nSPS) is 17.8. The molecule has 1 saturated carbocycles. The predicted octanol–water partition coefficient (Wildman–Crippen LogP) is 3.98. The average Bonchev–Trinajstić information content (AvgIpc) is 3.34. The van der Waals surface area contributed by atoms with Gasteiger partial charge in [-0.2, -0.15) is 0 Å². The van der Waals surface area contributed by atoms with E-state index in [1.54, 1.807) is 5.56 Å². The minimum Gasteiger partial charge on any atom is -0.348 e. The van der Waals surface area contributed by atoms with E-state index >= 15 is 0 Å². The van der Waals surface area contributed by atoms with Gasteiger partial charge in [-0.25, -0.2) is 0 Å². The van der Waals surface area contributed by atoms with Crippen molar-refractivity contribution < 1.29 is 4.79 Å². The molecule has 0 unspecified atom stereocenters. The number of benzene rings is 2. The fourth-order valence-corrected chi connectivity index (χ4v) is 3.78. The van der Waals surface area contributed by atoms with E-state index in [2.05, 4.69) is 23.5 Å². The van der Waals surface area contributed by atoms with Crippen LogP contribution in [-0.2, 0) is 18.4 Å². The van der Waals surface area contributed by atoms with Crippen LogP contribution in [0.5, 0.6) is 0 Å². The van der Waals surface area contributed by atoms with Crippen LogP contribution in [-0.4, -0.2) is 5.91 Å². The van der Waals surface area contributed by atoms with E-state index in [-0.39, 0.29) is 5.91 Å². The molecule has 4 rings (SSSR count). The highest BCUT2D eigenvalue weighted by atomic mass is 16.1. The van der Waals surface area contributed by atoms with Gasteiger partial charge in [0.2, 0.25) is 0 Å². The van der Waals surface area contributed by atoms with Crippen molar-refractivity contribution in [1.29, 1.82) is 0 Å². The molecule has 1 N–H and O–H groups in total. The Morgan fingerprint density at radius 1 is 1.05 bits per heavy atom. The first-order chi connectivity index (χ1) is 10.8. The molecule has 0 aromatic heterocycles. The SMILES string of the molecule is O=C(NCc1ccc2c(c1)CCCC21CC1)c1ccccc1. The summed E-state index contributed by atoms with van der Waals surface area (Å²) >= 11 is 0. The summed E-state index contributed by atoms with van der Waals surface area (Å²) < 4.78 is 0. The maximum absolute atomic E-state index is 12.1. The second kappa shape index (κ2) is 5.28. The zero-order valence-corrected chi connectivity index (χ0v) is 12.8. The highest BCUT2D eigenvalue weighted by molar-refractivity contribution is 5.94. The summed E-state index contributed by atoms with van der Waals surface area (Å²) in [6.07, 6.45) is 6.60. The summed E-state index contributed by atoms with van der Waals surface area (Å²) in [5.74, 6) is -0.00279. The van der Waals surface area contributed by atoms with Crippen LogP contribution in [0.2, 0.25) is 0 Å². The monoisotopic (exact) mass is 291 g/mol. The maximum atomic E-state index is 12.1. The number of nitrogens with one attached hydrogen (secondary N) is 1. The Balaban J connectivity index is 1.47. The van der Waals surface area contributed by atoms with Crippen LogP contribution in [0.25, 0.3) is 0 Å². The molecule has 22 heavy (non-hydrogen) atoms. The summed E-state index contributed by atoms with van der Waals surface area (Å²) in [5, 5.41) is 3.02. The largest absolute Gasteiger partial charge is 0.348 e. The van der Waals surface area contributed by atoms with E-state index < -0.39 is 0 Å². The summed E-state index contributed by atoms with van der Waals surface area (Å²) in [4.78, 5) is 12.1. The third kappa shape index (κ3) is 2.43. The van der Waals surface area contributed by atoms with E-state index in [0.717, 1.165) is 5.56 Å². The third-order valence-electron chi connectivity index (χ3n) is 5.19. The Morgan fingerprint density at radius 3 is 2.64 bits per heavy atom. The van der Waals surface area contributed by atoms with Crippen LogP contribution in [0.3, 0.4) is 0 Å². The first kappa shape index (κ1) is 13.6. The number of carbonyl (C=O) groups excluding carboxylic acids is 1. The fourth-order valence-electron chi connectivity index (χ4n) is 3.78.